The van der Waals surface area contributed by atoms with Crippen LogP contribution < -0.4 is 10.1 Å². The van der Waals surface area contributed by atoms with E-state index in [1.165, 1.54) is 0 Å². The molecule has 2 heterocycles. The first-order valence-corrected chi connectivity index (χ1v) is 7.32. The molecular formula is C17H14ClN3O2. The molecule has 23 heavy (non-hydrogen) atoms. The zero-order valence-corrected chi connectivity index (χ0v) is 13.1. The number of rotatable bonds is 4. The van der Waals surface area contributed by atoms with Crippen molar-refractivity contribution in [2.24, 2.45) is 7.05 Å². The molecule has 116 valence electrons. The van der Waals surface area contributed by atoms with E-state index in [2.05, 4.69) is 10.3 Å². The van der Waals surface area contributed by atoms with E-state index in [4.69, 9.17) is 16.3 Å². The number of aryl methyl sites for hydroxylation is 1. The van der Waals surface area contributed by atoms with Gasteiger partial charge in [0.2, 0.25) is 5.88 Å². The van der Waals surface area contributed by atoms with E-state index in [1.807, 2.05) is 19.3 Å². The normalized spacial score (nSPS) is 10.3. The summed E-state index contributed by atoms with van der Waals surface area (Å²) >= 11 is 5.82. The Bertz CT molecular complexity index is 811. The number of carbonyl (C=O) groups is 1. The van der Waals surface area contributed by atoms with E-state index < -0.39 is 0 Å². The summed E-state index contributed by atoms with van der Waals surface area (Å²) in [6, 6.07) is 14.0. The van der Waals surface area contributed by atoms with Crippen LogP contribution in [-0.4, -0.2) is 15.5 Å². The Morgan fingerprint density at radius 1 is 1.17 bits per heavy atom. The summed E-state index contributed by atoms with van der Waals surface area (Å²) in [6.45, 7) is 0. The van der Waals surface area contributed by atoms with Gasteiger partial charge in [0.15, 0.2) is 0 Å². The minimum Gasteiger partial charge on any atom is -0.439 e. The van der Waals surface area contributed by atoms with E-state index in [0.29, 0.717) is 28.0 Å². The number of anilines is 1. The minimum absolute atomic E-state index is 0.189. The van der Waals surface area contributed by atoms with Crippen molar-refractivity contribution < 1.29 is 9.53 Å². The average molecular weight is 328 g/mol. The first kappa shape index (κ1) is 15.1. The molecule has 0 atom stereocenters. The van der Waals surface area contributed by atoms with Gasteiger partial charge >= 0.3 is 0 Å². The van der Waals surface area contributed by atoms with Crippen molar-refractivity contribution in [2.45, 2.75) is 0 Å². The lowest BCUT2D eigenvalue weighted by molar-refractivity contribution is 0.101. The molecule has 1 amide bonds. The molecule has 0 fully saturated rings. The highest BCUT2D eigenvalue weighted by Gasteiger charge is 2.09. The number of halogens is 1. The lowest BCUT2D eigenvalue weighted by Crippen LogP contribution is -2.15. The molecule has 0 aliphatic carbocycles. The maximum absolute atomic E-state index is 12.1. The summed E-state index contributed by atoms with van der Waals surface area (Å²) in [5, 5.41) is 3.43. The van der Waals surface area contributed by atoms with Crippen molar-refractivity contribution in [3.8, 4) is 11.6 Å². The first-order valence-electron chi connectivity index (χ1n) is 6.94. The van der Waals surface area contributed by atoms with Gasteiger partial charge in [0.25, 0.3) is 5.91 Å². The Kier molecular flexibility index (Phi) is 4.30. The third-order valence-electron chi connectivity index (χ3n) is 3.21. The average Bonchev–Trinajstić information content (AvgIpc) is 2.98. The Balaban J connectivity index is 1.66. The number of amides is 1. The van der Waals surface area contributed by atoms with E-state index >= 15 is 0 Å². The van der Waals surface area contributed by atoms with Gasteiger partial charge in [-0.15, -0.1) is 0 Å². The van der Waals surface area contributed by atoms with E-state index in [0.717, 1.165) is 0 Å². The number of hydrogen-bond donors (Lipinski definition) is 1. The summed E-state index contributed by atoms with van der Waals surface area (Å²) in [4.78, 5) is 16.3. The molecule has 1 aromatic carbocycles. The highest BCUT2D eigenvalue weighted by atomic mass is 35.5. The molecule has 0 spiro atoms. The van der Waals surface area contributed by atoms with Gasteiger partial charge in [-0.05, 0) is 42.5 Å². The van der Waals surface area contributed by atoms with Gasteiger partial charge < -0.3 is 14.6 Å². The summed E-state index contributed by atoms with van der Waals surface area (Å²) in [5.74, 6) is 0.886. The third kappa shape index (κ3) is 3.70. The van der Waals surface area contributed by atoms with Crippen molar-refractivity contribution in [2.75, 3.05) is 5.32 Å². The lowest BCUT2D eigenvalue weighted by atomic mass is 10.3. The Morgan fingerprint density at radius 2 is 1.96 bits per heavy atom. The maximum atomic E-state index is 12.1. The molecule has 0 aliphatic heterocycles. The van der Waals surface area contributed by atoms with Gasteiger partial charge in [-0.2, -0.15) is 0 Å². The Labute approximate surface area is 138 Å². The fourth-order valence-corrected chi connectivity index (χ4v) is 2.16. The van der Waals surface area contributed by atoms with E-state index in [-0.39, 0.29) is 5.91 Å². The molecular weight excluding hydrogens is 314 g/mol. The summed E-state index contributed by atoms with van der Waals surface area (Å²) in [7, 11) is 1.82. The first-order chi connectivity index (χ1) is 11.1. The van der Waals surface area contributed by atoms with Crippen LogP contribution in [0.15, 0.2) is 60.9 Å². The zero-order valence-electron chi connectivity index (χ0n) is 12.4. The van der Waals surface area contributed by atoms with Crippen LogP contribution in [-0.2, 0) is 7.05 Å². The molecule has 2 aromatic heterocycles. The summed E-state index contributed by atoms with van der Waals surface area (Å²) in [5.41, 5.74) is 1.17. The third-order valence-corrected chi connectivity index (χ3v) is 3.46. The Hall–Kier alpha value is -2.79. The molecule has 3 rings (SSSR count). The largest absolute Gasteiger partial charge is 0.439 e. The quantitative estimate of drug-likeness (QED) is 0.784. The number of hydrogen-bond acceptors (Lipinski definition) is 3. The molecule has 1 N–H and O–H groups in total. The second-order valence-electron chi connectivity index (χ2n) is 4.90. The molecule has 0 unspecified atom stereocenters. The highest BCUT2D eigenvalue weighted by molar-refractivity contribution is 6.30. The topological polar surface area (TPSA) is 56.2 Å². The molecule has 6 heteroatoms. The van der Waals surface area contributed by atoms with Crippen LogP contribution in [0.4, 0.5) is 5.69 Å². The van der Waals surface area contributed by atoms with Crippen LogP contribution in [0.3, 0.4) is 0 Å². The highest BCUT2D eigenvalue weighted by Crippen LogP contribution is 2.22. The molecule has 0 saturated carbocycles. The van der Waals surface area contributed by atoms with Crippen LogP contribution in [0.25, 0.3) is 0 Å². The van der Waals surface area contributed by atoms with Gasteiger partial charge in [0.1, 0.15) is 11.4 Å². The van der Waals surface area contributed by atoms with Crippen molar-refractivity contribution in [1.82, 2.24) is 9.55 Å². The van der Waals surface area contributed by atoms with Gasteiger partial charge in [0, 0.05) is 24.3 Å². The van der Waals surface area contributed by atoms with Gasteiger partial charge in [-0.1, -0.05) is 11.6 Å². The second-order valence-corrected chi connectivity index (χ2v) is 5.34. The molecule has 5 nitrogen and oxygen atoms in total. The number of nitrogens with one attached hydrogen (secondary N) is 1. The predicted molar refractivity (Wildman–Crippen MR) is 89.1 cm³/mol. The maximum Gasteiger partial charge on any atom is 0.272 e. The molecule has 0 aliphatic rings. The number of nitrogens with zero attached hydrogens (tertiary/aromatic N) is 2. The van der Waals surface area contributed by atoms with Crippen LogP contribution in [0, 0.1) is 0 Å². The fraction of sp³-hybridized carbons (Fsp3) is 0.0588. The van der Waals surface area contributed by atoms with E-state index in [1.54, 1.807) is 53.2 Å². The SMILES string of the molecule is Cn1cccc1C(=O)Nc1ccc(Oc2ccc(Cl)cc2)nc1. The Morgan fingerprint density at radius 3 is 2.57 bits per heavy atom. The van der Waals surface area contributed by atoms with Crippen molar-refractivity contribution in [1.29, 1.82) is 0 Å². The number of benzene rings is 1. The number of pyridine rings is 1. The molecule has 0 bridgehead atoms. The molecule has 3 aromatic rings. The summed E-state index contributed by atoms with van der Waals surface area (Å²) < 4.78 is 7.35. The monoisotopic (exact) mass is 327 g/mol. The van der Waals surface area contributed by atoms with Gasteiger partial charge in [0.05, 0.1) is 11.9 Å². The van der Waals surface area contributed by atoms with Gasteiger partial charge in [-0.3, -0.25) is 4.79 Å². The minimum atomic E-state index is -0.189. The van der Waals surface area contributed by atoms with E-state index in [9.17, 15) is 4.79 Å². The standard InChI is InChI=1S/C17H14ClN3O2/c1-21-10-2-3-15(21)17(22)20-13-6-9-16(19-11-13)23-14-7-4-12(18)5-8-14/h2-11H,1H3,(H,20,22). The molecule has 0 radical (unpaired) electrons. The summed E-state index contributed by atoms with van der Waals surface area (Å²) in [6.07, 6.45) is 3.36. The number of carbonyl (C=O) groups excluding carboxylic acids is 1. The van der Waals surface area contributed by atoms with Crippen molar-refractivity contribution in [3.63, 3.8) is 0 Å². The fourth-order valence-electron chi connectivity index (χ4n) is 2.03. The number of aromatic nitrogens is 2. The smallest absolute Gasteiger partial charge is 0.272 e. The van der Waals surface area contributed by atoms with Crippen LogP contribution in [0.5, 0.6) is 11.6 Å². The van der Waals surface area contributed by atoms with Gasteiger partial charge in [-0.25, -0.2) is 4.98 Å². The molecule has 0 saturated heterocycles. The zero-order chi connectivity index (χ0) is 16.2. The number of ether oxygens (including phenoxy) is 1. The van der Waals surface area contributed by atoms with Crippen LogP contribution in [0.1, 0.15) is 10.5 Å². The van der Waals surface area contributed by atoms with Crippen molar-refractivity contribution in [3.05, 3.63) is 71.6 Å². The predicted octanol–water partition coefficient (Wildman–Crippen LogP) is 4.12. The second kappa shape index (κ2) is 6.54. The lowest BCUT2D eigenvalue weighted by Gasteiger charge is -2.08. The van der Waals surface area contributed by atoms with Crippen molar-refractivity contribution >= 4 is 23.2 Å². The van der Waals surface area contributed by atoms with Crippen LogP contribution in [0.2, 0.25) is 5.02 Å². The van der Waals surface area contributed by atoms with Crippen LogP contribution >= 0.6 is 11.6 Å².